The first-order valence-corrected chi connectivity index (χ1v) is 8.96. The molecule has 8 heteroatoms. The Kier molecular flexibility index (Phi) is 8.29. The van der Waals surface area contributed by atoms with Gasteiger partial charge in [-0.05, 0) is 37.3 Å². The first-order valence-electron chi connectivity index (χ1n) is 8.96. The molecule has 0 spiro atoms. The zero-order valence-electron chi connectivity index (χ0n) is 16.9. The molecular formula is C21H25NO7. The van der Waals surface area contributed by atoms with Crippen molar-refractivity contribution in [1.29, 1.82) is 0 Å². The number of carbonyl (C=O) groups is 2. The molecule has 0 atom stereocenters. The van der Waals surface area contributed by atoms with Crippen molar-refractivity contribution >= 4 is 17.6 Å². The molecule has 156 valence electrons. The summed E-state index contributed by atoms with van der Waals surface area (Å²) in [6, 6.07) is 9.84. The van der Waals surface area contributed by atoms with Crippen LogP contribution >= 0.6 is 0 Å². The number of carbonyl (C=O) groups excluding carboxylic acids is 2. The number of benzene rings is 2. The maximum Gasteiger partial charge on any atom is 0.338 e. The number of hydrogen-bond acceptors (Lipinski definition) is 7. The highest BCUT2D eigenvalue weighted by molar-refractivity contribution is 5.96. The minimum absolute atomic E-state index is 0.298. The summed E-state index contributed by atoms with van der Waals surface area (Å²) in [6.07, 6.45) is 0. The first kappa shape index (κ1) is 22.0. The molecule has 0 fully saturated rings. The summed E-state index contributed by atoms with van der Waals surface area (Å²) >= 11 is 0. The molecule has 0 saturated carbocycles. The number of hydrogen-bond donors (Lipinski definition) is 1. The normalized spacial score (nSPS) is 10.2. The van der Waals surface area contributed by atoms with Gasteiger partial charge in [0.25, 0.3) is 5.91 Å². The summed E-state index contributed by atoms with van der Waals surface area (Å²) in [6.45, 7) is 2.26. The van der Waals surface area contributed by atoms with E-state index in [2.05, 4.69) is 5.32 Å². The van der Waals surface area contributed by atoms with Crippen molar-refractivity contribution in [3.63, 3.8) is 0 Å². The number of ether oxygens (including phenoxy) is 5. The molecule has 0 radical (unpaired) electrons. The van der Waals surface area contributed by atoms with Crippen LogP contribution in [0.5, 0.6) is 17.2 Å². The third-order valence-corrected chi connectivity index (χ3v) is 3.99. The van der Waals surface area contributed by atoms with Crippen LogP contribution in [0.15, 0.2) is 36.4 Å². The second-order valence-corrected chi connectivity index (χ2v) is 5.85. The molecule has 29 heavy (non-hydrogen) atoms. The van der Waals surface area contributed by atoms with Crippen molar-refractivity contribution in [2.24, 2.45) is 0 Å². The lowest BCUT2D eigenvalue weighted by Gasteiger charge is -2.12. The van der Waals surface area contributed by atoms with Gasteiger partial charge in [0.1, 0.15) is 17.2 Å². The molecular weight excluding hydrogens is 378 g/mol. The van der Waals surface area contributed by atoms with Gasteiger partial charge >= 0.3 is 5.97 Å². The van der Waals surface area contributed by atoms with E-state index >= 15 is 0 Å². The van der Waals surface area contributed by atoms with Crippen molar-refractivity contribution in [2.75, 3.05) is 39.9 Å². The van der Waals surface area contributed by atoms with Gasteiger partial charge in [-0.3, -0.25) is 4.79 Å². The number of amides is 1. The zero-order valence-corrected chi connectivity index (χ0v) is 16.9. The Morgan fingerprint density at radius 3 is 2.31 bits per heavy atom. The molecule has 1 amide bonds. The monoisotopic (exact) mass is 403 g/mol. The Bertz CT molecular complexity index is 851. The van der Waals surface area contributed by atoms with Crippen LogP contribution in [0.4, 0.5) is 5.69 Å². The molecule has 0 unspecified atom stereocenters. The van der Waals surface area contributed by atoms with Crippen LogP contribution in [0.1, 0.15) is 22.8 Å². The van der Waals surface area contributed by atoms with Gasteiger partial charge in [-0.1, -0.05) is 0 Å². The summed E-state index contributed by atoms with van der Waals surface area (Å²) in [7, 11) is 4.55. The van der Waals surface area contributed by atoms with Gasteiger partial charge < -0.3 is 29.0 Å². The average molecular weight is 403 g/mol. The fourth-order valence-corrected chi connectivity index (χ4v) is 2.54. The lowest BCUT2D eigenvalue weighted by Crippen LogP contribution is -2.21. The number of methoxy groups -OCH3 is 3. The second-order valence-electron chi connectivity index (χ2n) is 5.85. The van der Waals surface area contributed by atoms with Crippen LogP contribution in [-0.4, -0.2) is 46.4 Å². The van der Waals surface area contributed by atoms with Crippen molar-refractivity contribution < 1.29 is 33.3 Å². The summed E-state index contributed by atoms with van der Waals surface area (Å²) in [5, 5.41) is 2.64. The summed E-state index contributed by atoms with van der Waals surface area (Å²) < 4.78 is 26.1. The van der Waals surface area contributed by atoms with E-state index in [1.54, 1.807) is 43.5 Å². The first-order chi connectivity index (χ1) is 14.0. The Morgan fingerprint density at radius 2 is 1.66 bits per heavy atom. The van der Waals surface area contributed by atoms with Gasteiger partial charge in [0.15, 0.2) is 6.61 Å². The van der Waals surface area contributed by atoms with Gasteiger partial charge in [0, 0.05) is 18.2 Å². The molecule has 0 saturated heterocycles. The fraction of sp³-hybridized carbons (Fsp3) is 0.333. The molecule has 1 N–H and O–H groups in total. The van der Waals surface area contributed by atoms with Crippen molar-refractivity contribution in [1.82, 2.24) is 0 Å². The molecule has 2 rings (SSSR count). The van der Waals surface area contributed by atoms with E-state index in [0.717, 1.165) is 5.56 Å². The lowest BCUT2D eigenvalue weighted by molar-refractivity contribution is -0.119. The van der Waals surface area contributed by atoms with Crippen LogP contribution in [0.3, 0.4) is 0 Å². The van der Waals surface area contributed by atoms with Gasteiger partial charge in [-0.2, -0.15) is 0 Å². The number of rotatable bonds is 10. The molecule has 2 aromatic rings. The summed E-state index contributed by atoms with van der Waals surface area (Å²) in [4.78, 5) is 24.5. The van der Waals surface area contributed by atoms with Crippen molar-refractivity contribution in [3.05, 3.63) is 47.5 Å². The van der Waals surface area contributed by atoms with Gasteiger partial charge in [-0.15, -0.1) is 0 Å². The molecule has 0 aliphatic carbocycles. The highest BCUT2D eigenvalue weighted by atomic mass is 16.5. The average Bonchev–Trinajstić information content (AvgIpc) is 2.75. The lowest BCUT2D eigenvalue weighted by atomic mass is 10.1. The largest absolute Gasteiger partial charge is 0.497 e. The molecule has 0 bridgehead atoms. The van der Waals surface area contributed by atoms with E-state index in [0.29, 0.717) is 41.7 Å². The summed E-state index contributed by atoms with van der Waals surface area (Å²) in [5.41, 5.74) is 1.43. The Morgan fingerprint density at radius 1 is 0.931 bits per heavy atom. The Balaban J connectivity index is 2.01. The Hall–Kier alpha value is -3.26. The zero-order chi connectivity index (χ0) is 21.2. The van der Waals surface area contributed by atoms with Crippen LogP contribution in [-0.2, 0) is 20.9 Å². The molecule has 0 heterocycles. The predicted octanol–water partition coefficient (Wildman–Crippen LogP) is 3.04. The number of nitrogens with one attached hydrogen (secondary N) is 1. The smallest absolute Gasteiger partial charge is 0.338 e. The van der Waals surface area contributed by atoms with Crippen LogP contribution < -0.4 is 19.5 Å². The van der Waals surface area contributed by atoms with Gasteiger partial charge in [0.2, 0.25) is 0 Å². The molecule has 0 aliphatic heterocycles. The van der Waals surface area contributed by atoms with Gasteiger partial charge in [-0.25, -0.2) is 4.79 Å². The van der Waals surface area contributed by atoms with Gasteiger partial charge in [0.05, 0.1) is 39.2 Å². The third-order valence-electron chi connectivity index (χ3n) is 3.99. The summed E-state index contributed by atoms with van der Waals surface area (Å²) in [5.74, 6) is 0.489. The Labute approximate surface area is 169 Å². The highest BCUT2D eigenvalue weighted by Crippen LogP contribution is 2.28. The second kappa shape index (κ2) is 10.9. The van der Waals surface area contributed by atoms with Crippen LogP contribution in [0.25, 0.3) is 0 Å². The van der Waals surface area contributed by atoms with Crippen LogP contribution in [0, 0.1) is 0 Å². The predicted molar refractivity (Wildman–Crippen MR) is 107 cm³/mol. The standard InChI is InChI=1S/C21H25NO7/c1-5-28-12-15-10-14(6-8-18(15)26-3)21(24)29-13-20(23)22-17-11-16(25-2)7-9-19(17)27-4/h6-11H,5,12-13H2,1-4H3,(H,22,23). The highest BCUT2D eigenvalue weighted by Gasteiger charge is 2.15. The number of anilines is 1. The maximum absolute atomic E-state index is 12.3. The molecule has 0 aliphatic rings. The minimum Gasteiger partial charge on any atom is -0.497 e. The van der Waals surface area contributed by atoms with E-state index in [-0.39, 0.29) is 0 Å². The van der Waals surface area contributed by atoms with Crippen LogP contribution in [0.2, 0.25) is 0 Å². The molecule has 0 aromatic heterocycles. The van der Waals surface area contributed by atoms with Crippen molar-refractivity contribution in [2.45, 2.75) is 13.5 Å². The van der Waals surface area contributed by atoms with E-state index < -0.39 is 18.5 Å². The van der Waals surface area contributed by atoms with E-state index in [1.165, 1.54) is 14.2 Å². The van der Waals surface area contributed by atoms with Crippen molar-refractivity contribution in [3.8, 4) is 17.2 Å². The number of esters is 1. The third kappa shape index (κ3) is 6.11. The quantitative estimate of drug-likeness (QED) is 0.610. The van der Waals surface area contributed by atoms with E-state index in [4.69, 9.17) is 23.7 Å². The topological polar surface area (TPSA) is 92.3 Å². The minimum atomic E-state index is -0.627. The molecule has 2 aromatic carbocycles. The van der Waals surface area contributed by atoms with E-state index in [9.17, 15) is 9.59 Å². The fourth-order valence-electron chi connectivity index (χ4n) is 2.54. The molecule has 8 nitrogen and oxygen atoms in total. The SMILES string of the molecule is CCOCc1cc(C(=O)OCC(=O)Nc2cc(OC)ccc2OC)ccc1OC. The maximum atomic E-state index is 12.3. The van der Waals surface area contributed by atoms with E-state index in [1.807, 2.05) is 6.92 Å².